The number of hydrogen-bond acceptors (Lipinski definition) is 2. The van der Waals surface area contributed by atoms with E-state index in [-0.39, 0.29) is 6.04 Å². The third kappa shape index (κ3) is 3.19. The highest BCUT2D eigenvalue weighted by Crippen LogP contribution is 2.38. The summed E-state index contributed by atoms with van der Waals surface area (Å²) in [5.41, 5.74) is 2.34. The van der Waals surface area contributed by atoms with Crippen molar-refractivity contribution in [2.24, 2.45) is 0 Å². The summed E-state index contributed by atoms with van der Waals surface area (Å²) < 4.78 is 3.13. The number of rotatable bonds is 3. The summed E-state index contributed by atoms with van der Waals surface area (Å²) in [6.07, 6.45) is 0. The molecule has 0 saturated heterocycles. The lowest BCUT2D eigenvalue weighted by molar-refractivity contribution is 0.692. The van der Waals surface area contributed by atoms with E-state index < -0.39 is 0 Å². The van der Waals surface area contributed by atoms with E-state index in [2.05, 4.69) is 65.2 Å². The van der Waals surface area contributed by atoms with E-state index in [4.69, 9.17) is 11.6 Å². The van der Waals surface area contributed by atoms with Gasteiger partial charge in [0.2, 0.25) is 0 Å². The molecule has 0 saturated carbocycles. The maximum absolute atomic E-state index is 6.15. The van der Waals surface area contributed by atoms with E-state index in [9.17, 15) is 0 Å². The van der Waals surface area contributed by atoms with E-state index in [0.29, 0.717) is 0 Å². The van der Waals surface area contributed by atoms with Gasteiger partial charge in [0.15, 0.2) is 0 Å². The molecule has 96 valence electrons. The Bertz CT molecular complexity index is 570. The second-order valence-corrected chi connectivity index (χ2v) is 8.69. The predicted molar refractivity (Wildman–Crippen MR) is 89.8 cm³/mol. The Labute approximate surface area is 140 Å². The average Bonchev–Trinajstić information content (AvgIpc) is 2.64. The van der Waals surface area contributed by atoms with Crippen molar-refractivity contribution in [1.82, 2.24) is 5.32 Å². The molecule has 2 rings (SSSR count). The summed E-state index contributed by atoms with van der Waals surface area (Å²) in [7, 11) is 1.94. The number of nitrogens with one attached hydrogen (secondary N) is 1. The van der Waals surface area contributed by atoms with E-state index in [1.807, 2.05) is 19.2 Å². The van der Waals surface area contributed by atoms with Gasteiger partial charge < -0.3 is 5.32 Å². The highest BCUT2D eigenvalue weighted by molar-refractivity contribution is 9.12. The van der Waals surface area contributed by atoms with Crippen LogP contribution in [-0.2, 0) is 0 Å². The molecule has 0 fully saturated rings. The molecule has 0 aliphatic rings. The van der Waals surface area contributed by atoms with Gasteiger partial charge in [-0.2, -0.15) is 0 Å². The van der Waals surface area contributed by atoms with Crippen LogP contribution in [0.5, 0.6) is 0 Å². The molecule has 0 radical (unpaired) electrons. The number of thiophene rings is 1. The zero-order valence-corrected chi connectivity index (χ0v) is 15.6. The van der Waals surface area contributed by atoms with Gasteiger partial charge in [0.25, 0.3) is 0 Å². The number of hydrogen-bond donors (Lipinski definition) is 1. The first-order valence-electron chi connectivity index (χ1n) is 5.10. The standard InChI is InChI=1S/C12H9Br3ClNS/c1-17-11(7-5-10(14)18-12(7)15)6-2-3-8(13)9(16)4-6/h2-5,11,17H,1H3. The molecule has 1 N–H and O–H groups in total. The molecule has 0 bridgehead atoms. The summed E-state index contributed by atoms with van der Waals surface area (Å²) in [4.78, 5) is 0. The van der Waals surface area contributed by atoms with Crippen molar-refractivity contribution in [2.45, 2.75) is 6.04 Å². The van der Waals surface area contributed by atoms with Crippen LogP contribution in [0.3, 0.4) is 0 Å². The van der Waals surface area contributed by atoms with E-state index in [0.717, 1.165) is 22.6 Å². The van der Waals surface area contributed by atoms with Gasteiger partial charge in [-0.25, -0.2) is 0 Å². The van der Waals surface area contributed by atoms with Crippen LogP contribution in [0.4, 0.5) is 0 Å². The van der Waals surface area contributed by atoms with E-state index >= 15 is 0 Å². The zero-order valence-electron chi connectivity index (χ0n) is 9.31. The van der Waals surface area contributed by atoms with Crippen molar-refractivity contribution in [3.05, 3.63) is 52.5 Å². The Morgan fingerprint density at radius 2 is 1.94 bits per heavy atom. The average molecular weight is 474 g/mol. The lowest BCUT2D eigenvalue weighted by Gasteiger charge is -2.17. The van der Waals surface area contributed by atoms with Gasteiger partial charge in [-0.3, -0.25) is 0 Å². The van der Waals surface area contributed by atoms with Gasteiger partial charge in [-0.05, 0) is 84.2 Å². The predicted octanol–water partition coefficient (Wildman–Crippen LogP) is 6.00. The second kappa shape index (κ2) is 6.37. The highest BCUT2D eigenvalue weighted by atomic mass is 79.9. The first kappa shape index (κ1) is 15.0. The Morgan fingerprint density at radius 3 is 2.44 bits per heavy atom. The fraction of sp³-hybridized carbons (Fsp3) is 0.167. The van der Waals surface area contributed by atoms with Crippen LogP contribution in [0.1, 0.15) is 17.2 Å². The summed E-state index contributed by atoms with van der Waals surface area (Å²) >= 11 is 18.3. The van der Waals surface area contributed by atoms with Crippen molar-refractivity contribution < 1.29 is 0 Å². The molecule has 0 amide bonds. The minimum absolute atomic E-state index is 0.118. The van der Waals surface area contributed by atoms with E-state index in [1.165, 1.54) is 5.56 Å². The maximum atomic E-state index is 6.15. The molecule has 1 nitrogen and oxygen atoms in total. The summed E-state index contributed by atoms with van der Waals surface area (Å²) in [5.74, 6) is 0. The molecule has 1 aromatic heterocycles. The molecule has 0 aliphatic carbocycles. The van der Waals surface area contributed by atoms with Crippen LogP contribution < -0.4 is 5.32 Å². The molecule has 2 aromatic rings. The number of benzene rings is 1. The molecule has 1 unspecified atom stereocenters. The van der Waals surface area contributed by atoms with Gasteiger partial charge in [0.05, 0.1) is 18.6 Å². The highest BCUT2D eigenvalue weighted by Gasteiger charge is 2.18. The third-order valence-electron chi connectivity index (χ3n) is 2.56. The molecule has 18 heavy (non-hydrogen) atoms. The summed E-state index contributed by atoms with van der Waals surface area (Å²) in [6, 6.07) is 8.25. The Kier molecular flexibility index (Phi) is 5.31. The van der Waals surface area contributed by atoms with Crippen LogP contribution >= 0.6 is 70.7 Å². The monoisotopic (exact) mass is 471 g/mol. The maximum Gasteiger partial charge on any atom is 0.0761 e. The molecular formula is C12H9Br3ClNS. The Morgan fingerprint density at radius 1 is 1.22 bits per heavy atom. The largest absolute Gasteiger partial charge is 0.309 e. The third-order valence-corrected chi connectivity index (χ3v) is 6.18. The van der Waals surface area contributed by atoms with Crippen molar-refractivity contribution >= 4 is 70.7 Å². The van der Waals surface area contributed by atoms with Crippen LogP contribution in [0.25, 0.3) is 0 Å². The minimum Gasteiger partial charge on any atom is -0.309 e. The molecule has 1 heterocycles. The van der Waals surface area contributed by atoms with Crippen LogP contribution in [-0.4, -0.2) is 7.05 Å². The lowest BCUT2D eigenvalue weighted by atomic mass is 10.0. The first-order valence-corrected chi connectivity index (χ1v) is 8.67. The van der Waals surface area contributed by atoms with Gasteiger partial charge in [-0.1, -0.05) is 17.7 Å². The fourth-order valence-corrected chi connectivity index (χ4v) is 5.08. The zero-order chi connectivity index (χ0) is 13.3. The smallest absolute Gasteiger partial charge is 0.0761 e. The van der Waals surface area contributed by atoms with Crippen molar-refractivity contribution in [1.29, 1.82) is 0 Å². The Balaban J connectivity index is 2.45. The van der Waals surface area contributed by atoms with Crippen LogP contribution in [0.15, 0.2) is 36.3 Å². The van der Waals surface area contributed by atoms with E-state index in [1.54, 1.807) is 11.3 Å². The summed E-state index contributed by atoms with van der Waals surface area (Å²) in [6.45, 7) is 0. The second-order valence-electron chi connectivity index (χ2n) is 3.67. The van der Waals surface area contributed by atoms with Gasteiger partial charge in [0, 0.05) is 4.47 Å². The molecule has 6 heteroatoms. The Hall–Kier alpha value is 0.610. The van der Waals surface area contributed by atoms with Crippen LogP contribution in [0, 0.1) is 0 Å². The number of halogens is 4. The van der Waals surface area contributed by atoms with Crippen molar-refractivity contribution in [2.75, 3.05) is 7.05 Å². The lowest BCUT2D eigenvalue weighted by Crippen LogP contribution is -2.17. The quantitative estimate of drug-likeness (QED) is 0.576. The molecule has 0 spiro atoms. The minimum atomic E-state index is 0.118. The van der Waals surface area contributed by atoms with Crippen LogP contribution in [0.2, 0.25) is 5.02 Å². The van der Waals surface area contributed by atoms with Crippen molar-refractivity contribution in [3.8, 4) is 0 Å². The molecular weight excluding hydrogens is 465 g/mol. The first-order chi connectivity index (χ1) is 8.52. The normalized spacial score (nSPS) is 12.7. The van der Waals surface area contributed by atoms with Crippen molar-refractivity contribution in [3.63, 3.8) is 0 Å². The molecule has 1 atom stereocenters. The fourth-order valence-electron chi connectivity index (χ4n) is 1.74. The van der Waals surface area contributed by atoms with Gasteiger partial charge >= 0.3 is 0 Å². The summed E-state index contributed by atoms with van der Waals surface area (Å²) in [5, 5.41) is 4.04. The van der Waals surface area contributed by atoms with Gasteiger partial charge in [-0.15, -0.1) is 11.3 Å². The molecule has 1 aromatic carbocycles. The SMILES string of the molecule is CNC(c1ccc(Br)c(Cl)c1)c1cc(Br)sc1Br. The van der Waals surface area contributed by atoms with Gasteiger partial charge in [0.1, 0.15) is 0 Å². The molecule has 0 aliphatic heterocycles. The topological polar surface area (TPSA) is 12.0 Å².